The van der Waals surface area contributed by atoms with E-state index >= 15 is 0 Å². The number of carboxylic acids is 1. The Hall–Kier alpha value is -2.19. The number of β-amino-alcohol motifs (C(OH)–C–C–N with tert-alkyl or cyclic N) is 1. The number of halogens is 1. The van der Waals surface area contributed by atoms with Crippen molar-refractivity contribution in [1.29, 1.82) is 0 Å². The number of aliphatic carboxylic acids is 1. The third kappa shape index (κ3) is 7.92. The maximum Gasteiger partial charge on any atom is 0.319 e. The molecule has 1 aliphatic rings. The number of urea groups is 1. The number of amides is 2. The van der Waals surface area contributed by atoms with Crippen LogP contribution >= 0.6 is 0 Å². The number of carboxylic acid groups (broad SMARTS) is 1. The number of nitrogens with zero attached hydrogens (tertiary/aromatic N) is 2. The fraction of sp³-hybridized carbons (Fsp3) is 0.579. The second-order valence-corrected chi connectivity index (χ2v) is 7.20. The molecule has 1 atom stereocenters. The summed E-state index contributed by atoms with van der Waals surface area (Å²) < 4.78 is 13.2. The van der Waals surface area contributed by atoms with E-state index in [-0.39, 0.29) is 17.4 Å². The molecule has 2 rings (SSSR count). The zero-order chi connectivity index (χ0) is 20.6. The van der Waals surface area contributed by atoms with E-state index in [1.54, 1.807) is 31.1 Å². The van der Waals surface area contributed by atoms with Gasteiger partial charge in [-0.3, -0.25) is 4.79 Å². The van der Waals surface area contributed by atoms with Crippen LogP contribution in [-0.4, -0.2) is 71.3 Å². The minimum atomic E-state index is -0.833. The van der Waals surface area contributed by atoms with Crippen molar-refractivity contribution in [3.05, 3.63) is 35.6 Å². The number of rotatable bonds is 4. The highest BCUT2D eigenvalue weighted by molar-refractivity contribution is 5.73. The maximum absolute atomic E-state index is 13.2. The normalized spacial score (nSPS) is 16.7. The number of likely N-dealkylation sites (tertiary alicyclic amines) is 1. The SMILES string of the molecule is CC(=O)O.CN(C)C(=O)N1CCC(C)(NC[C@H](O)c2cccc(F)c2)CC1. The largest absolute Gasteiger partial charge is 0.481 e. The molecule has 0 bridgehead atoms. The van der Waals surface area contributed by atoms with Gasteiger partial charge in [-0.2, -0.15) is 0 Å². The fourth-order valence-electron chi connectivity index (χ4n) is 2.83. The molecule has 0 aliphatic carbocycles. The Labute approximate surface area is 159 Å². The summed E-state index contributed by atoms with van der Waals surface area (Å²) in [6.45, 7) is 4.93. The van der Waals surface area contributed by atoms with Crippen LogP contribution in [0.1, 0.15) is 38.4 Å². The quantitative estimate of drug-likeness (QED) is 0.740. The van der Waals surface area contributed by atoms with Crippen molar-refractivity contribution in [2.75, 3.05) is 33.7 Å². The number of aliphatic hydroxyl groups excluding tert-OH is 1. The maximum atomic E-state index is 13.2. The molecule has 1 aromatic rings. The average molecular weight is 383 g/mol. The zero-order valence-electron chi connectivity index (χ0n) is 16.4. The predicted octanol–water partition coefficient (Wildman–Crippen LogP) is 2.08. The molecule has 0 aromatic heterocycles. The molecule has 8 heteroatoms. The van der Waals surface area contributed by atoms with Crippen LogP contribution in [0.4, 0.5) is 9.18 Å². The summed E-state index contributed by atoms with van der Waals surface area (Å²) >= 11 is 0. The average Bonchev–Trinajstić information content (AvgIpc) is 2.59. The monoisotopic (exact) mass is 383 g/mol. The van der Waals surface area contributed by atoms with E-state index in [9.17, 15) is 14.3 Å². The van der Waals surface area contributed by atoms with Crippen LogP contribution in [0.15, 0.2) is 24.3 Å². The molecule has 0 unspecified atom stereocenters. The lowest BCUT2D eigenvalue weighted by atomic mass is 9.89. The summed E-state index contributed by atoms with van der Waals surface area (Å²) in [6, 6.07) is 6.07. The van der Waals surface area contributed by atoms with Gasteiger partial charge in [-0.15, -0.1) is 0 Å². The number of piperidine rings is 1. The molecule has 0 saturated carbocycles. The van der Waals surface area contributed by atoms with Crippen LogP contribution in [0.5, 0.6) is 0 Å². The van der Waals surface area contributed by atoms with Crippen LogP contribution in [0.3, 0.4) is 0 Å². The van der Waals surface area contributed by atoms with Crippen LogP contribution < -0.4 is 5.32 Å². The van der Waals surface area contributed by atoms with E-state index in [0.717, 1.165) is 19.8 Å². The van der Waals surface area contributed by atoms with Gasteiger partial charge in [0.25, 0.3) is 5.97 Å². The Morgan fingerprint density at radius 1 is 1.33 bits per heavy atom. The lowest BCUT2D eigenvalue weighted by Crippen LogP contribution is -2.54. The smallest absolute Gasteiger partial charge is 0.319 e. The number of benzene rings is 1. The van der Waals surface area contributed by atoms with E-state index in [0.29, 0.717) is 25.2 Å². The minimum Gasteiger partial charge on any atom is -0.481 e. The summed E-state index contributed by atoms with van der Waals surface area (Å²) in [7, 11) is 3.51. The highest BCUT2D eigenvalue weighted by atomic mass is 19.1. The number of aliphatic hydroxyl groups is 1. The molecular formula is C19H30FN3O4. The van der Waals surface area contributed by atoms with Gasteiger partial charge < -0.3 is 25.3 Å². The number of hydrogen-bond donors (Lipinski definition) is 3. The molecular weight excluding hydrogens is 353 g/mol. The number of nitrogens with one attached hydrogen (secondary N) is 1. The first kappa shape index (κ1) is 22.9. The summed E-state index contributed by atoms with van der Waals surface area (Å²) in [5.74, 6) is -1.18. The van der Waals surface area contributed by atoms with Crippen molar-refractivity contribution in [2.24, 2.45) is 0 Å². The second kappa shape index (κ2) is 10.2. The Bertz CT molecular complexity index is 627. The van der Waals surface area contributed by atoms with Gasteiger partial charge in [-0.05, 0) is 37.5 Å². The highest BCUT2D eigenvalue weighted by Gasteiger charge is 2.32. The van der Waals surface area contributed by atoms with Gasteiger partial charge in [0.2, 0.25) is 0 Å². The minimum absolute atomic E-state index is 0.0341. The summed E-state index contributed by atoms with van der Waals surface area (Å²) in [5.41, 5.74) is 0.443. The number of hydrogen-bond acceptors (Lipinski definition) is 4. The number of carbonyl (C=O) groups excluding carboxylic acids is 1. The van der Waals surface area contributed by atoms with E-state index in [1.165, 1.54) is 12.1 Å². The molecule has 0 radical (unpaired) electrons. The van der Waals surface area contributed by atoms with Crippen molar-refractivity contribution >= 4 is 12.0 Å². The van der Waals surface area contributed by atoms with E-state index in [4.69, 9.17) is 9.90 Å². The lowest BCUT2D eigenvalue weighted by molar-refractivity contribution is -0.134. The molecule has 1 aliphatic heterocycles. The first-order valence-corrected chi connectivity index (χ1v) is 8.88. The van der Waals surface area contributed by atoms with Gasteiger partial charge in [0.1, 0.15) is 5.82 Å². The Morgan fingerprint density at radius 3 is 2.37 bits per heavy atom. The molecule has 1 saturated heterocycles. The predicted molar refractivity (Wildman–Crippen MR) is 101 cm³/mol. The number of carbonyl (C=O) groups is 2. The van der Waals surface area contributed by atoms with Crippen LogP contribution in [-0.2, 0) is 4.79 Å². The van der Waals surface area contributed by atoms with E-state index in [1.807, 2.05) is 4.90 Å². The molecule has 152 valence electrons. The van der Waals surface area contributed by atoms with Crippen molar-refractivity contribution in [1.82, 2.24) is 15.1 Å². The molecule has 27 heavy (non-hydrogen) atoms. The van der Waals surface area contributed by atoms with Gasteiger partial charge in [0, 0.05) is 46.2 Å². The molecule has 1 heterocycles. The molecule has 0 spiro atoms. The summed E-state index contributed by atoms with van der Waals surface area (Å²) in [5, 5.41) is 21.0. The Morgan fingerprint density at radius 2 is 1.89 bits per heavy atom. The van der Waals surface area contributed by atoms with Gasteiger partial charge in [-0.25, -0.2) is 9.18 Å². The van der Waals surface area contributed by atoms with Crippen LogP contribution in [0.25, 0.3) is 0 Å². The summed E-state index contributed by atoms with van der Waals surface area (Å²) in [6.07, 6.45) is 0.897. The molecule has 7 nitrogen and oxygen atoms in total. The molecule has 3 N–H and O–H groups in total. The standard InChI is InChI=1S/C17H26FN3O2.C2H4O2/c1-17(7-9-21(10-8-17)16(23)20(2)3)19-12-15(22)13-5-4-6-14(18)11-13;1-2(3)4/h4-6,11,15,19,22H,7-10,12H2,1-3H3;1H3,(H,3,4)/t15-;/m0./s1. The van der Waals surface area contributed by atoms with E-state index < -0.39 is 12.1 Å². The lowest BCUT2D eigenvalue weighted by Gasteiger charge is -2.41. The van der Waals surface area contributed by atoms with Gasteiger partial charge in [-0.1, -0.05) is 12.1 Å². The van der Waals surface area contributed by atoms with Crippen LogP contribution in [0, 0.1) is 5.82 Å². The topological polar surface area (TPSA) is 93.1 Å². The molecule has 2 amide bonds. The van der Waals surface area contributed by atoms with Crippen molar-refractivity contribution in [2.45, 2.75) is 38.3 Å². The van der Waals surface area contributed by atoms with Crippen molar-refractivity contribution < 1.29 is 24.2 Å². The first-order valence-electron chi connectivity index (χ1n) is 8.88. The molecule has 1 fully saturated rings. The fourth-order valence-corrected chi connectivity index (χ4v) is 2.83. The van der Waals surface area contributed by atoms with Gasteiger partial charge in [0.15, 0.2) is 0 Å². The zero-order valence-corrected chi connectivity index (χ0v) is 16.4. The van der Waals surface area contributed by atoms with Crippen molar-refractivity contribution in [3.63, 3.8) is 0 Å². The van der Waals surface area contributed by atoms with Gasteiger partial charge >= 0.3 is 6.03 Å². The third-order valence-electron chi connectivity index (χ3n) is 4.48. The Balaban J connectivity index is 0.000000828. The highest BCUT2D eigenvalue weighted by Crippen LogP contribution is 2.23. The Kier molecular flexibility index (Phi) is 8.65. The van der Waals surface area contributed by atoms with Crippen molar-refractivity contribution in [3.8, 4) is 0 Å². The first-order chi connectivity index (χ1) is 12.5. The third-order valence-corrected chi connectivity index (χ3v) is 4.48. The van der Waals surface area contributed by atoms with Gasteiger partial charge in [0.05, 0.1) is 6.10 Å². The summed E-state index contributed by atoms with van der Waals surface area (Å²) in [4.78, 5) is 24.4. The second-order valence-electron chi connectivity index (χ2n) is 7.20. The van der Waals surface area contributed by atoms with Crippen LogP contribution in [0.2, 0.25) is 0 Å². The van der Waals surface area contributed by atoms with E-state index in [2.05, 4.69) is 12.2 Å². The molecule has 1 aromatic carbocycles.